The highest BCUT2D eigenvalue weighted by Gasteiger charge is 2.08. The van der Waals surface area contributed by atoms with E-state index >= 15 is 0 Å². The fourth-order valence-electron chi connectivity index (χ4n) is 1.51. The molecule has 19 heavy (non-hydrogen) atoms. The number of benzene rings is 1. The van der Waals surface area contributed by atoms with E-state index in [1.54, 1.807) is 13.0 Å². The van der Waals surface area contributed by atoms with Crippen LogP contribution in [-0.2, 0) is 16.3 Å². The zero-order chi connectivity index (χ0) is 14.3. The van der Waals surface area contributed by atoms with E-state index in [2.05, 4.69) is 10.6 Å². The summed E-state index contributed by atoms with van der Waals surface area (Å²) in [7, 11) is -3.04. The van der Waals surface area contributed by atoms with Crippen molar-refractivity contribution in [2.45, 2.75) is 20.3 Å². The summed E-state index contributed by atoms with van der Waals surface area (Å²) in [5.41, 5.74) is 1.83. The monoisotopic (exact) mass is 284 g/mol. The molecule has 5 nitrogen and oxygen atoms in total. The number of nitrogens with one attached hydrogen (secondary N) is 2. The van der Waals surface area contributed by atoms with E-state index < -0.39 is 9.84 Å². The van der Waals surface area contributed by atoms with Crippen LogP contribution in [0.1, 0.15) is 19.4 Å². The molecular weight excluding hydrogens is 264 g/mol. The van der Waals surface area contributed by atoms with Crippen LogP contribution < -0.4 is 10.6 Å². The Morgan fingerprint density at radius 1 is 1.26 bits per heavy atom. The Morgan fingerprint density at radius 3 is 2.63 bits per heavy atom. The van der Waals surface area contributed by atoms with Gasteiger partial charge in [-0.3, -0.25) is 0 Å². The number of carbonyl (C=O) groups is 1. The lowest BCUT2D eigenvalue weighted by molar-refractivity contribution is 0.252. The summed E-state index contributed by atoms with van der Waals surface area (Å²) in [5.74, 6) is 0.0563. The molecule has 2 amide bonds. The first-order valence-corrected chi connectivity index (χ1v) is 8.13. The third kappa shape index (κ3) is 5.74. The van der Waals surface area contributed by atoms with Gasteiger partial charge in [0.2, 0.25) is 0 Å². The van der Waals surface area contributed by atoms with Crippen molar-refractivity contribution in [3.63, 3.8) is 0 Å². The molecule has 106 valence electrons. The second kappa shape index (κ2) is 7.13. The Kier molecular flexibility index (Phi) is 5.82. The zero-order valence-corrected chi connectivity index (χ0v) is 12.1. The van der Waals surface area contributed by atoms with Gasteiger partial charge in [-0.1, -0.05) is 26.0 Å². The third-order valence-electron chi connectivity index (χ3n) is 2.73. The standard InChI is InChI=1S/C13H20N2O3S/c1-3-11-6-5-7-12(10-11)15-13(16)14-8-9-19(17,18)4-2/h5-7,10H,3-4,8-9H2,1-2H3,(H2,14,15,16). The van der Waals surface area contributed by atoms with Crippen molar-refractivity contribution in [3.8, 4) is 0 Å². The summed E-state index contributed by atoms with van der Waals surface area (Å²) < 4.78 is 22.5. The summed E-state index contributed by atoms with van der Waals surface area (Å²) in [6.07, 6.45) is 0.895. The van der Waals surface area contributed by atoms with Crippen molar-refractivity contribution < 1.29 is 13.2 Å². The molecule has 0 fully saturated rings. The number of hydrogen-bond acceptors (Lipinski definition) is 3. The molecule has 0 aliphatic carbocycles. The highest BCUT2D eigenvalue weighted by atomic mass is 32.2. The molecule has 0 heterocycles. The molecule has 0 aromatic heterocycles. The van der Waals surface area contributed by atoms with Crippen molar-refractivity contribution in [3.05, 3.63) is 29.8 Å². The summed E-state index contributed by atoms with van der Waals surface area (Å²) in [5, 5.41) is 5.21. The van der Waals surface area contributed by atoms with E-state index in [-0.39, 0.29) is 24.1 Å². The average Bonchev–Trinajstić information content (AvgIpc) is 2.38. The number of hydrogen-bond donors (Lipinski definition) is 2. The lowest BCUT2D eigenvalue weighted by atomic mass is 10.1. The van der Waals surface area contributed by atoms with Crippen LogP contribution >= 0.6 is 0 Å². The van der Waals surface area contributed by atoms with Crippen LogP contribution in [0.25, 0.3) is 0 Å². The maximum atomic E-state index is 11.6. The van der Waals surface area contributed by atoms with Crippen LogP contribution in [0, 0.1) is 0 Å². The molecule has 0 radical (unpaired) electrons. The van der Waals surface area contributed by atoms with Gasteiger partial charge < -0.3 is 10.6 Å². The SMILES string of the molecule is CCc1cccc(NC(=O)NCCS(=O)(=O)CC)c1. The second-order valence-electron chi connectivity index (χ2n) is 4.17. The predicted molar refractivity (Wildman–Crippen MR) is 77.2 cm³/mol. The van der Waals surface area contributed by atoms with E-state index in [9.17, 15) is 13.2 Å². The second-order valence-corrected chi connectivity index (χ2v) is 6.64. The van der Waals surface area contributed by atoms with Gasteiger partial charge in [0.25, 0.3) is 0 Å². The highest BCUT2D eigenvalue weighted by molar-refractivity contribution is 7.91. The quantitative estimate of drug-likeness (QED) is 0.836. The van der Waals surface area contributed by atoms with E-state index in [1.165, 1.54) is 0 Å². The van der Waals surface area contributed by atoms with Crippen LogP contribution in [0.5, 0.6) is 0 Å². The van der Waals surface area contributed by atoms with Gasteiger partial charge in [-0.15, -0.1) is 0 Å². The molecule has 0 atom stereocenters. The number of amides is 2. The van der Waals surface area contributed by atoms with Crippen molar-refractivity contribution in [1.82, 2.24) is 5.32 Å². The van der Waals surface area contributed by atoms with Gasteiger partial charge in [0.15, 0.2) is 9.84 Å². The van der Waals surface area contributed by atoms with Crippen LogP contribution in [-0.4, -0.2) is 32.5 Å². The predicted octanol–water partition coefficient (Wildman–Crippen LogP) is 1.81. The summed E-state index contributed by atoms with van der Waals surface area (Å²) >= 11 is 0. The molecule has 0 bridgehead atoms. The molecule has 0 saturated heterocycles. The van der Waals surface area contributed by atoms with Gasteiger partial charge in [0.1, 0.15) is 0 Å². The number of carbonyl (C=O) groups excluding carboxylic acids is 1. The molecule has 0 spiro atoms. The number of anilines is 1. The molecule has 0 aliphatic heterocycles. The Balaban J connectivity index is 2.43. The molecule has 6 heteroatoms. The molecule has 1 aromatic rings. The number of sulfone groups is 1. The first-order chi connectivity index (χ1) is 8.96. The van der Waals surface area contributed by atoms with Crippen LogP contribution in [0.4, 0.5) is 10.5 Å². The van der Waals surface area contributed by atoms with Crippen LogP contribution in [0.2, 0.25) is 0 Å². The Hall–Kier alpha value is -1.56. The molecule has 0 unspecified atom stereocenters. The van der Waals surface area contributed by atoms with E-state index in [0.717, 1.165) is 12.0 Å². The van der Waals surface area contributed by atoms with Gasteiger partial charge in [-0.05, 0) is 24.1 Å². The maximum Gasteiger partial charge on any atom is 0.319 e. The van der Waals surface area contributed by atoms with E-state index in [0.29, 0.717) is 5.69 Å². The fraction of sp³-hybridized carbons (Fsp3) is 0.462. The van der Waals surface area contributed by atoms with Crippen molar-refractivity contribution in [2.24, 2.45) is 0 Å². The smallest absolute Gasteiger partial charge is 0.319 e. The minimum atomic E-state index is -3.04. The van der Waals surface area contributed by atoms with Crippen LogP contribution in [0.3, 0.4) is 0 Å². The number of aryl methyl sites for hydroxylation is 1. The Bertz CT molecular complexity index is 526. The molecule has 0 aliphatic rings. The topological polar surface area (TPSA) is 75.3 Å². The summed E-state index contributed by atoms with van der Waals surface area (Å²) in [6, 6.07) is 7.15. The average molecular weight is 284 g/mol. The largest absolute Gasteiger partial charge is 0.337 e. The Labute approximate surface area is 114 Å². The fourth-order valence-corrected chi connectivity index (χ4v) is 2.21. The lowest BCUT2D eigenvalue weighted by Crippen LogP contribution is -2.33. The third-order valence-corrected chi connectivity index (χ3v) is 4.44. The minimum Gasteiger partial charge on any atom is -0.337 e. The van der Waals surface area contributed by atoms with E-state index in [1.807, 2.05) is 25.1 Å². The van der Waals surface area contributed by atoms with Gasteiger partial charge in [0.05, 0.1) is 5.75 Å². The molecule has 2 N–H and O–H groups in total. The van der Waals surface area contributed by atoms with Crippen molar-refractivity contribution in [1.29, 1.82) is 0 Å². The van der Waals surface area contributed by atoms with Crippen molar-refractivity contribution in [2.75, 3.05) is 23.4 Å². The van der Waals surface area contributed by atoms with Gasteiger partial charge in [-0.25, -0.2) is 13.2 Å². The van der Waals surface area contributed by atoms with Gasteiger partial charge >= 0.3 is 6.03 Å². The molecule has 1 aromatic carbocycles. The Morgan fingerprint density at radius 2 is 2.00 bits per heavy atom. The maximum absolute atomic E-state index is 11.6. The van der Waals surface area contributed by atoms with Gasteiger partial charge in [0, 0.05) is 18.0 Å². The normalized spacial score (nSPS) is 11.1. The van der Waals surface area contributed by atoms with Crippen molar-refractivity contribution >= 4 is 21.6 Å². The first kappa shape index (κ1) is 15.5. The number of rotatable bonds is 6. The summed E-state index contributed by atoms with van der Waals surface area (Å²) in [4.78, 5) is 11.6. The number of urea groups is 1. The highest BCUT2D eigenvalue weighted by Crippen LogP contribution is 2.10. The van der Waals surface area contributed by atoms with Gasteiger partial charge in [-0.2, -0.15) is 0 Å². The summed E-state index contributed by atoms with van der Waals surface area (Å²) in [6.45, 7) is 3.75. The molecule has 1 rings (SSSR count). The molecule has 0 saturated carbocycles. The van der Waals surface area contributed by atoms with Crippen LogP contribution in [0.15, 0.2) is 24.3 Å². The first-order valence-electron chi connectivity index (χ1n) is 6.31. The zero-order valence-electron chi connectivity index (χ0n) is 11.3. The molecular formula is C13H20N2O3S. The lowest BCUT2D eigenvalue weighted by Gasteiger charge is -2.08. The van der Waals surface area contributed by atoms with E-state index in [4.69, 9.17) is 0 Å². The minimum absolute atomic E-state index is 0.0358.